The van der Waals surface area contributed by atoms with E-state index >= 15 is 0 Å². The average Bonchev–Trinajstić information content (AvgIpc) is 2.21. The zero-order valence-corrected chi connectivity index (χ0v) is 11.1. The van der Waals surface area contributed by atoms with Gasteiger partial charge in [0.15, 0.2) is 0 Å². The summed E-state index contributed by atoms with van der Waals surface area (Å²) >= 11 is 9.55. The normalized spacial score (nSPS) is 12.8. The minimum Gasteiger partial charge on any atom is -0.330 e. The summed E-state index contributed by atoms with van der Waals surface area (Å²) in [6, 6.07) is 6.37. The Morgan fingerprint density at radius 3 is 2.93 bits per heavy atom. The van der Waals surface area contributed by atoms with Crippen LogP contribution in [0.5, 0.6) is 0 Å². The van der Waals surface area contributed by atoms with Crippen LogP contribution in [-0.4, -0.2) is 12.6 Å². The highest BCUT2D eigenvalue weighted by Crippen LogP contribution is 2.25. The predicted octanol–water partition coefficient (Wildman–Crippen LogP) is 2.93. The van der Waals surface area contributed by atoms with Gasteiger partial charge in [-0.15, -0.1) is 0 Å². The van der Waals surface area contributed by atoms with Crippen molar-refractivity contribution in [2.24, 2.45) is 5.73 Å². The van der Waals surface area contributed by atoms with Crippen molar-refractivity contribution in [3.05, 3.63) is 33.3 Å². The molecular formula is C11H16BrClN2. The Hall–Kier alpha value is -0.0900. The lowest BCUT2D eigenvalue weighted by Crippen LogP contribution is -2.27. The number of rotatable bonds is 5. The molecule has 1 aromatic rings. The second-order valence-corrected chi connectivity index (χ2v) is 4.80. The Bertz CT molecular complexity index is 317. The molecule has 0 aromatic heterocycles. The summed E-state index contributed by atoms with van der Waals surface area (Å²) in [5.41, 5.74) is 6.59. The van der Waals surface area contributed by atoms with Crippen LogP contribution in [0.3, 0.4) is 0 Å². The molecule has 1 unspecified atom stereocenters. The fourth-order valence-corrected chi connectivity index (χ4v) is 1.92. The first-order valence-corrected chi connectivity index (χ1v) is 6.18. The highest BCUT2D eigenvalue weighted by Gasteiger charge is 2.05. The fourth-order valence-electron chi connectivity index (χ4n) is 1.32. The Balaban J connectivity index is 2.54. The first kappa shape index (κ1) is 13.0. The van der Waals surface area contributed by atoms with Crippen molar-refractivity contribution < 1.29 is 0 Å². The lowest BCUT2D eigenvalue weighted by molar-refractivity contribution is 0.520. The molecule has 0 aliphatic heterocycles. The van der Waals surface area contributed by atoms with Gasteiger partial charge in [-0.3, -0.25) is 0 Å². The minimum atomic E-state index is 0.421. The molecule has 2 nitrogen and oxygen atoms in total. The maximum atomic E-state index is 6.14. The molecule has 0 saturated carbocycles. The molecule has 0 aliphatic carbocycles. The number of nitrogens with two attached hydrogens (primary N) is 1. The zero-order valence-electron chi connectivity index (χ0n) is 8.76. The van der Waals surface area contributed by atoms with Crippen LogP contribution in [-0.2, 0) is 6.54 Å². The largest absolute Gasteiger partial charge is 0.330 e. The highest BCUT2D eigenvalue weighted by atomic mass is 79.9. The van der Waals surface area contributed by atoms with Crippen molar-refractivity contribution in [2.75, 3.05) is 6.54 Å². The summed E-state index contributed by atoms with van der Waals surface area (Å²) in [5.74, 6) is 0. The summed E-state index contributed by atoms with van der Waals surface area (Å²) in [6.45, 7) is 3.61. The van der Waals surface area contributed by atoms with E-state index in [0.29, 0.717) is 12.6 Å². The van der Waals surface area contributed by atoms with Gasteiger partial charge in [-0.25, -0.2) is 0 Å². The molecule has 4 heteroatoms. The Labute approximate surface area is 104 Å². The van der Waals surface area contributed by atoms with Crippen LogP contribution in [0.2, 0.25) is 5.02 Å². The standard InChI is InChI=1S/C11H16BrClN2/c1-8(5-6-14)15-7-9-3-2-4-10(12)11(9)13/h2-4,8,15H,5-7,14H2,1H3. The number of halogens is 2. The van der Waals surface area contributed by atoms with Gasteiger partial charge in [-0.05, 0) is 47.4 Å². The van der Waals surface area contributed by atoms with Gasteiger partial charge in [0.1, 0.15) is 0 Å². The number of benzene rings is 1. The molecule has 0 heterocycles. The molecule has 0 spiro atoms. The highest BCUT2D eigenvalue weighted by molar-refractivity contribution is 9.10. The van der Waals surface area contributed by atoms with E-state index in [-0.39, 0.29) is 0 Å². The maximum absolute atomic E-state index is 6.14. The monoisotopic (exact) mass is 290 g/mol. The van der Waals surface area contributed by atoms with Crippen molar-refractivity contribution in [3.8, 4) is 0 Å². The van der Waals surface area contributed by atoms with E-state index in [1.807, 2.05) is 18.2 Å². The van der Waals surface area contributed by atoms with E-state index in [0.717, 1.165) is 28.0 Å². The van der Waals surface area contributed by atoms with E-state index in [4.69, 9.17) is 17.3 Å². The summed E-state index contributed by atoms with van der Waals surface area (Å²) in [4.78, 5) is 0. The molecule has 0 aliphatic rings. The van der Waals surface area contributed by atoms with Crippen molar-refractivity contribution in [3.63, 3.8) is 0 Å². The molecule has 0 fully saturated rings. The summed E-state index contributed by atoms with van der Waals surface area (Å²) < 4.78 is 0.940. The molecule has 0 saturated heterocycles. The summed E-state index contributed by atoms with van der Waals surface area (Å²) in [7, 11) is 0. The minimum absolute atomic E-state index is 0.421. The molecule has 0 amide bonds. The van der Waals surface area contributed by atoms with Crippen molar-refractivity contribution in [1.82, 2.24) is 5.32 Å². The van der Waals surface area contributed by atoms with E-state index in [1.165, 1.54) is 0 Å². The molecule has 15 heavy (non-hydrogen) atoms. The Morgan fingerprint density at radius 1 is 1.53 bits per heavy atom. The van der Waals surface area contributed by atoms with Crippen LogP contribution >= 0.6 is 27.5 Å². The predicted molar refractivity (Wildman–Crippen MR) is 69.1 cm³/mol. The van der Waals surface area contributed by atoms with Gasteiger partial charge in [0, 0.05) is 17.1 Å². The lowest BCUT2D eigenvalue weighted by Gasteiger charge is -2.13. The molecule has 1 aromatic carbocycles. The fraction of sp³-hybridized carbons (Fsp3) is 0.455. The lowest BCUT2D eigenvalue weighted by atomic mass is 10.2. The SMILES string of the molecule is CC(CCN)NCc1cccc(Br)c1Cl. The van der Waals surface area contributed by atoms with Gasteiger partial charge >= 0.3 is 0 Å². The smallest absolute Gasteiger partial charge is 0.0592 e. The molecular weight excluding hydrogens is 275 g/mol. The van der Waals surface area contributed by atoms with Crippen LogP contribution in [0.1, 0.15) is 18.9 Å². The van der Waals surface area contributed by atoms with Crippen molar-refractivity contribution >= 4 is 27.5 Å². The first-order chi connectivity index (χ1) is 7.15. The van der Waals surface area contributed by atoms with Crippen LogP contribution < -0.4 is 11.1 Å². The van der Waals surface area contributed by atoms with Gasteiger partial charge in [0.2, 0.25) is 0 Å². The van der Waals surface area contributed by atoms with Gasteiger partial charge < -0.3 is 11.1 Å². The van der Waals surface area contributed by atoms with Crippen LogP contribution in [0, 0.1) is 0 Å². The molecule has 0 radical (unpaired) electrons. The molecule has 0 bridgehead atoms. The number of hydrogen-bond acceptors (Lipinski definition) is 2. The second-order valence-electron chi connectivity index (χ2n) is 3.57. The third kappa shape index (κ3) is 4.11. The van der Waals surface area contributed by atoms with Crippen molar-refractivity contribution in [2.45, 2.75) is 25.9 Å². The quantitative estimate of drug-likeness (QED) is 0.875. The Morgan fingerprint density at radius 2 is 2.27 bits per heavy atom. The summed E-state index contributed by atoms with van der Waals surface area (Å²) in [6.07, 6.45) is 0.978. The van der Waals surface area contributed by atoms with E-state index in [2.05, 4.69) is 28.2 Å². The molecule has 84 valence electrons. The van der Waals surface area contributed by atoms with Crippen LogP contribution in [0.15, 0.2) is 22.7 Å². The molecule has 3 N–H and O–H groups in total. The van der Waals surface area contributed by atoms with E-state index in [9.17, 15) is 0 Å². The van der Waals surface area contributed by atoms with Gasteiger partial charge in [0.25, 0.3) is 0 Å². The van der Waals surface area contributed by atoms with E-state index < -0.39 is 0 Å². The van der Waals surface area contributed by atoms with Crippen LogP contribution in [0.25, 0.3) is 0 Å². The third-order valence-electron chi connectivity index (χ3n) is 2.27. The zero-order chi connectivity index (χ0) is 11.3. The summed E-state index contributed by atoms with van der Waals surface area (Å²) in [5, 5.41) is 4.16. The first-order valence-electron chi connectivity index (χ1n) is 5.01. The topological polar surface area (TPSA) is 38.0 Å². The van der Waals surface area contributed by atoms with Crippen molar-refractivity contribution in [1.29, 1.82) is 0 Å². The van der Waals surface area contributed by atoms with Crippen LogP contribution in [0.4, 0.5) is 0 Å². The van der Waals surface area contributed by atoms with Gasteiger partial charge in [-0.1, -0.05) is 23.7 Å². The van der Waals surface area contributed by atoms with E-state index in [1.54, 1.807) is 0 Å². The molecule has 1 rings (SSSR count). The average molecular weight is 292 g/mol. The maximum Gasteiger partial charge on any atom is 0.0592 e. The number of nitrogens with one attached hydrogen (secondary N) is 1. The van der Waals surface area contributed by atoms with Gasteiger partial charge in [-0.2, -0.15) is 0 Å². The molecule has 1 atom stereocenters. The third-order valence-corrected chi connectivity index (χ3v) is 3.61. The second kappa shape index (κ2) is 6.48. The number of hydrogen-bond donors (Lipinski definition) is 2. The van der Waals surface area contributed by atoms with Gasteiger partial charge in [0.05, 0.1) is 5.02 Å². The Kier molecular flexibility index (Phi) is 5.61.